The van der Waals surface area contributed by atoms with Crippen LogP contribution in [0.3, 0.4) is 0 Å². The molecule has 132 valence electrons. The van der Waals surface area contributed by atoms with E-state index in [0.29, 0.717) is 22.1 Å². The number of amides is 1. The number of benzene rings is 2. The van der Waals surface area contributed by atoms with Crippen molar-refractivity contribution in [2.75, 3.05) is 22.4 Å². The van der Waals surface area contributed by atoms with E-state index in [1.54, 1.807) is 48.5 Å². The summed E-state index contributed by atoms with van der Waals surface area (Å²) in [6.45, 7) is 0.149. The van der Waals surface area contributed by atoms with Crippen LogP contribution in [0.2, 0.25) is 5.02 Å². The van der Waals surface area contributed by atoms with Gasteiger partial charge in [0.25, 0.3) is 5.91 Å². The average molecular weight is 381 g/mol. The minimum Gasteiger partial charge on any atom is -0.478 e. The fourth-order valence-electron chi connectivity index (χ4n) is 2.63. The molecule has 0 saturated carbocycles. The number of halogens is 1. The molecule has 0 radical (unpaired) electrons. The third kappa shape index (κ3) is 3.88. The molecule has 1 aliphatic rings. The van der Waals surface area contributed by atoms with Crippen molar-refractivity contribution in [3.8, 4) is 5.75 Å². The highest BCUT2D eigenvalue weighted by molar-refractivity contribution is 7.92. The first kappa shape index (κ1) is 17.6. The SMILES string of the molecule is CS(=O)(=O)N1CC[C@H](C(=O)Nc2ccccc2Cl)Oc2ccccc21. The molecular formula is C17H17ClN2O4S. The Hall–Kier alpha value is -2.25. The number of nitrogens with one attached hydrogen (secondary N) is 1. The zero-order chi connectivity index (χ0) is 18.0. The highest BCUT2D eigenvalue weighted by atomic mass is 35.5. The molecule has 1 amide bonds. The first-order valence-corrected chi connectivity index (χ1v) is 9.87. The summed E-state index contributed by atoms with van der Waals surface area (Å²) in [6, 6.07) is 13.6. The van der Waals surface area contributed by atoms with Gasteiger partial charge in [-0.2, -0.15) is 0 Å². The van der Waals surface area contributed by atoms with Crippen LogP contribution in [0.4, 0.5) is 11.4 Å². The molecule has 0 aromatic heterocycles. The third-order valence-electron chi connectivity index (χ3n) is 3.82. The van der Waals surface area contributed by atoms with Crippen molar-refractivity contribution in [2.24, 2.45) is 0 Å². The summed E-state index contributed by atoms with van der Waals surface area (Å²) in [6.07, 6.45) is 0.524. The van der Waals surface area contributed by atoms with Gasteiger partial charge in [0.2, 0.25) is 10.0 Å². The van der Waals surface area contributed by atoms with Crippen LogP contribution in [0.1, 0.15) is 6.42 Å². The molecule has 1 aliphatic heterocycles. The van der Waals surface area contributed by atoms with Gasteiger partial charge in [0.15, 0.2) is 6.10 Å². The summed E-state index contributed by atoms with van der Waals surface area (Å²) in [4.78, 5) is 12.6. The maximum absolute atomic E-state index is 12.6. The van der Waals surface area contributed by atoms with Crippen molar-refractivity contribution in [2.45, 2.75) is 12.5 Å². The summed E-state index contributed by atoms with van der Waals surface area (Å²) < 4.78 is 31.2. The largest absolute Gasteiger partial charge is 0.478 e. The van der Waals surface area contributed by atoms with Crippen LogP contribution in [0.15, 0.2) is 48.5 Å². The van der Waals surface area contributed by atoms with Crippen molar-refractivity contribution in [3.05, 3.63) is 53.6 Å². The lowest BCUT2D eigenvalue weighted by molar-refractivity contribution is -0.122. The van der Waals surface area contributed by atoms with Crippen molar-refractivity contribution < 1.29 is 17.9 Å². The molecule has 0 saturated heterocycles. The maximum atomic E-state index is 12.6. The van der Waals surface area contributed by atoms with E-state index in [2.05, 4.69) is 5.32 Å². The molecule has 0 fully saturated rings. The third-order valence-corrected chi connectivity index (χ3v) is 5.33. The molecule has 1 N–H and O–H groups in total. The Balaban J connectivity index is 1.86. The van der Waals surface area contributed by atoms with Gasteiger partial charge in [-0.05, 0) is 24.3 Å². The van der Waals surface area contributed by atoms with Crippen molar-refractivity contribution in [1.82, 2.24) is 0 Å². The van der Waals surface area contributed by atoms with Crippen LogP contribution in [0.25, 0.3) is 0 Å². The van der Waals surface area contributed by atoms with Gasteiger partial charge in [0, 0.05) is 13.0 Å². The molecule has 1 atom stereocenters. The first-order valence-electron chi connectivity index (χ1n) is 7.65. The van der Waals surface area contributed by atoms with Crippen LogP contribution in [-0.4, -0.2) is 33.2 Å². The normalized spacial score (nSPS) is 17.2. The van der Waals surface area contributed by atoms with E-state index in [-0.39, 0.29) is 18.9 Å². The second kappa shape index (κ2) is 6.93. The van der Waals surface area contributed by atoms with Gasteiger partial charge in [0.05, 0.1) is 22.7 Å². The Morgan fingerprint density at radius 3 is 2.60 bits per heavy atom. The zero-order valence-corrected chi connectivity index (χ0v) is 15.0. The predicted octanol–water partition coefficient (Wildman–Crippen LogP) is 2.90. The Kier molecular flexibility index (Phi) is 4.87. The Labute approximate surface area is 151 Å². The molecule has 25 heavy (non-hydrogen) atoms. The number of para-hydroxylation sites is 3. The van der Waals surface area contributed by atoms with Crippen LogP contribution in [0.5, 0.6) is 5.75 Å². The van der Waals surface area contributed by atoms with Crippen LogP contribution >= 0.6 is 11.6 Å². The quantitative estimate of drug-likeness (QED) is 0.888. The van der Waals surface area contributed by atoms with Gasteiger partial charge in [0.1, 0.15) is 5.75 Å². The topological polar surface area (TPSA) is 75.7 Å². The number of sulfonamides is 1. The molecule has 2 aromatic carbocycles. The summed E-state index contributed by atoms with van der Waals surface area (Å²) in [7, 11) is -3.48. The van der Waals surface area contributed by atoms with Gasteiger partial charge in [-0.3, -0.25) is 9.10 Å². The molecular weight excluding hydrogens is 364 g/mol. The number of fused-ring (bicyclic) bond motifs is 1. The van der Waals surface area contributed by atoms with Crippen LogP contribution in [0, 0.1) is 0 Å². The molecule has 0 unspecified atom stereocenters. The Morgan fingerprint density at radius 1 is 1.20 bits per heavy atom. The fraction of sp³-hybridized carbons (Fsp3) is 0.235. The van der Waals surface area contributed by atoms with E-state index < -0.39 is 16.1 Å². The average Bonchev–Trinajstić information content (AvgIpc) is 2.76. The van der Waals surface area contributed by atoms with Crippen LogP contribution in [-0.2, 0) is 14.8 Å². The standard InChI is InChI=1S/C17H17ClN2O4S/c1-25(22,23)20-11-10-16(24-15-9-5-4-8-14(15)20)17(21)19-13-7-3-2-6-12(13)18/h2-9,16H,10-11H2,1H3,(H,19,21)/t16-/m1/s1. The highest BCUT2D eigenvalue weighted by Crippen LogP contribution is 2.34. The lowest BCUT2D eigenvalue weighted by Crippen LogP contribution is -2.36. The number of hydrogen-bond acceptors (Lipinski definition) is 4. The molecule has 6 nitrogen and oxygen atoms in total. The number of rotatable bonds is 3. The second-order valence-electron chi connectivity index (χ2n) is 5.67. The lowest BCUT2D eigenvalue weighted by atomic mass is 10.2. The minimum absolute atomic E-state index is 0.149. The van der Waals surface area contributed by atoms with Crippen molar-refractivity contribution >= 4 is 38.9 Å². The molecule has 0 aliphatic carbocycles. The number of carbonyl (C=O) groups excluding carboxylic acids is 1. The van der Waals surface area contributed by atoms with Gasteiger partial charge in [-0.1, -0.05) is 35.9 Å². The number of ether oxygens (including phenoxy) is 1. The molecule has 0 spiro atoms. The van der Waals surface area contributed by atoms with E-state index in [1.165, 1.54) is 4.31 Å². The maximum Gasteiger partial charge on any atom is 0.265 e. The van der Waals surface area contributed by atoms with E-state index in [1.807, 2.05) is 0 Å². The number of anilines is 2. The van der Waals surface area contributed by atoms with Crippen LogP contribution < -0.4 is 14.4 Å². The molecule has 1 heterocycles. The predicted molar refractivity (Wildman–Crippen MR) is 97.7 cm³/mol. The van der Waals surface area contributed by atoms with E-state index in [0.717, 1.165) is 6.26 Å². The van der Waals surface area contributed by atoms with Gasteiger partial charge in [-0.25, -0.2) is 8.42 Å². The summed E-state index contributed by atoms with van der Waals surface area (Å²) in [5.74, 6) is -0.0250. The first-order chi connectivity index (χ1) is 11.9. The molecule has 8 heteroatoms. The van der Waals surface area contributed by atoms with Gasteiger partial charge < -0.3 is 10.1 Å². The zero-order valence-electron chi connectivity index (χ0n) is 13.5. The number of hydrogen-bond donors (Lipinski definition) is 1. The van der Waals surface area contributed by atoms with E-state index >= 15 is 0 Å². The summed E-state index contributed by atoms with van der Waals surface area (Å²) in [5, 5.41) is 3.15. The lowest BCUT2D eigenvalue weighted by Gasteiger charge is -2.20. The van der Waals surface area contributed by atoms with Crippen molar-refractivity contribution in [3.63, 3.8) is 0 Å². The molecule has 2 aromatic rings. The summed E-state index contributed by atoms with van der Waals surface area (Å²) in [5.41, 5.74) is 0.910. The number of carbonyl (C=O) groups is 1. The fourth-order valence-corrected chi connectivity index (χ4v) is 3.76. The van der Waals surface area contributed by atoms with E-state index in [4.69, 9.17) is 16.3 Å². The second-order valence-corrected chi connectivity index (χ2v) is 7.98. The molecule has 3 rings (SSSR count). The Morgan fingerprint density at radius 2 is 1.88 bits per heavy atom. The highest BCUT2D eigenvalue weighted by Gasteiger charge is 2.31. The van der Waals surface area contributed by atoms with Crippen molar-refractivity contribution in [1.29, 1.82) is 0 Å². The smallest absolute Gasteiger partial charge is 0.265 e. The Bertz CT molecular complexity index is 901. The molecule has 0 bridgehead atoms. The van der Waals surface area contributed by atoms with Gasteiger partial charge >= 0.3 is 0 Å². The minimum atomic E-state index is -3.48. The van der Waals surface area contributed by atoms with E-state index in [9.17, 15) is 13.2 Å². The monoisotopic (exact) mass is 380 g/mol. The summed E-state index contributed by atoms with van der Waals surface area (Å²) >= 11 is 6.06. The number of nitrogens with zero attached hydrogens (tertiary/aromatic N) is 1. The van der Waals surface area contributed by atoms with Gasteiger partial charge in [-0.15, -0.1) is 0 Å².